The van der Waals surface area contributed by atoms with E-state index in [0.29, 0.717) is 24.4 Å². The summed E-state index contributed by atoms with van der Waals surface area (Å²) in [6.45, 7) is 13.4. The molecule has 1 amide bonds. The fraction of sp³-hybridized carbons (Fsp3) is 0.417. The molecule has 4 bridgehead atoms. The zero-order valence-corrected chi connectivity index (χ0v) is 37.6. The monoisotopic (exact) mass is 894 g/mol. The van der Waals surface area contributed by atoms with Crippen LogP contribution in [-0.2, 0) is 30.3 Å². The van der Waals surface area contributed by atoms with Crippen molar-refractivity contribution in [2.45, 2.75) is 92.1 Å². The molecule has 4 aliphatic rings. The van der Waals surface area contributed by atoms with Gasteiger partial charge in [-0.25, -0.2) is 9.97 Å². The number of nitrogens with one attached hydrogen (secondary N) is 1. The predicted molar refractivity (Wildman–Crippen MR) is 239 cm³/mol. The molecule has 65 heavy (non-hydrogen) atoms. The Hall–Kier alpha value is -6.56. The maximum Gasteiger partial charge on any atom is 0.312 e. The van der Waals surface area contributed by atoms with Gasteiger partial charge in [-0.15, -0.1) is 0 Å². The average Bonchev–Trinajstić information content (AvgIpc) is 3.90. The van der Waals surface area contributed by atoms with Gasteiger partial charge in [0.2, 0.25) is 5.43 Å². The summed E-state index contributed by atoms with van der Waals surface area (Å²) in [6.07, 6.45) is 8.68. The van der Waals surface area contributed by atoms with E-state index in [4.69, 9.17) is 33.1 Å². The number of nitrogens with zero attached hydrogens (tertiary/aromatic N) is 3. The van der Waals surface area contributed by atoms with Gasteiger partial charge in [-0.3, -0.25) is 19.2 Å². The van der Waals surface area contributed by atoms with Gasteiger partial charge in [0.1, 0.15) is 46.9 Å². The molecular formula is C48H54N4O13. The van der Waals surface area contributed by atoms with Crippen molar-refractivity contribution in [1.29, 1.82) is 0 Å². The Morgan fingerprint density at radius 3 is 2.46 bits per heavy atom. The molecular weight excluding hydrogens is 841 g/mol. The van der Waals surface area contributed by atoms with Gasteiger partial charge in [0.25, 0.3) is 11.7 Å². The van der Waals surface area contributed by atoms with Crippen molar-refractivity contribution >= 4 is 45.2 Å². The second-order valence-corrected chi connectivity index (χ2v) is 17.0. The van der Waals surface area contributed by atoms with E-state index in [9.17, 15) is 34.5 Å². The summed E-state index contributed by atoms with van der Waals surface area (Å²) in [5, 5.41) is 37.1. The predicted octanol–water partition coefficient (Wildman–Crippen LogP) is 6.22. The van der Waals surface area contributed by atoms with Gasteiger partial charge >= 0.3 is 11.8 Å². The molecule has 344 valence electrons. The number of esters is 1. The quantitative estimate of drug-likeness (QED) is 0.0842. The second kappa shape index (κ2) is 18.5. The first kappa shape index (κ1) is 46.4. The number of imidazole rings is 1. The molecule has 0 saturated carbocycles. The number of aromatic nitrogens is 3. The summed E-state index contributed by atoms with van der Waals surface area (Å²) >= 11 is 0. The number of benzene rings is 3. The van der Waals surface area contributed by atoms with Gasteiger partial charge in [-0.05, 0) is 32.1 Å². The Balaban J connectivity index is 1.40. The number of fused-ring (bicyclic) bond motifs is 2. The highest BCUT2D eigenvalue weighted by Gasteiger charge is 2.50. The number of anilines is 1. The molecule has 1 aromatic heterocycles. The van der Waals surface area contributed by atoms with Crippen LogP contribution in [0.2, 0.25) is 0 Å². The highest BCUT2D eigenvalue weighted by atomic mass is 16.7. The number of rotatable bonds is 6. The minimum atomic E-state index is -2.05. The molecule has 7 rings (SSSR count). The van der Waals surface area contributed by atoms with Gasteiger partial charge in [0.15, 0.2) is 11.3 Å². The summed E-state index contributed by atoms with van der Waals surface area (Å²) in [4.78, 5) is 64.7. The Morgan fingerprint density at radius 1 is 1.02 bits per heavy atom. The van der Waals surface area contributed by atoms with E-state index in [1.165, 1.54) is 53.2 Å². The number of amides is 1. The van der Waals surface area contributed by atoms with Gasteiger partial charge in [0, 0.05) is 79.6 Å². The van der Waals surface area contributed by atoms with Gasteiger partial charge in [0.05, 0.1) is 48.4 Å². The number of Topliss-reactive ketones (excluding diaryl/α,β-unsaturated/α-hetero) is 1. The molecule has 0 unspecified atom stereocenters. The number of methoxy groups -OCH3 is 1. The lowest BCUT2D eigenvalue weighted by Crippen LogP contribution is -2.46. The van der Waals surface area contributed by atoms with Crippen LogP contribution in [0.5, 0.6) is 17.2 Å². The third-order valence-electron chi connectivity index (χ3n) is 12.5. The number of hydrogen-bond donors (Lipinski definition) is 4. The van der Waals surface area contributed by atoms with Gasteiger partial charge < -0.3 is 53.3 Å². The average molecular weight is 895 g/mol. The summed E-state index contributed by atoms with van der Waals surface area (Å²) < 4.78 is 38.1. The SMILES string of the molecule is CO[C@H]1/C=C/O[C@@]2(C)Oc3c(C)c(O)c4c(=O)c(c5oc6cc(OCCn7ccnc7)ccc6nc-5c4c3C2=O)NC(=O)/C(C)=C\C=C\[C@H](C)[C@H](O)[C@@H](C)[C@@H](O)[C@@H](C)[C@H](OC(C)=O)[C@@H]1C. The number of phenols is 1. The van der Waals surface area contributed by atoms with E-state index in [2.05, 4.69) is 10.3 Å². The van der Waals surface area contributed by atoms with E-state index in [1.54, 1.807) is 76.8 Å². The Morgan fingerprint density at radius 2 is 1.77 bits per heavy atom. The number of phenolic OH excluding ortho intramolecular Hbond substituents is 1. The first-order chi connectivity index (χ1) is 30.9. The third kappa shape index (κ3) is 8.83. The van der Waals surface area contributed by atoms with Crippen LogP contribution < -0.4 is 20.2 Å². The molecule has 4 N–H and O–H groups in total. The summed E-state index contributed by atoms with van der Waals surface area (Å²) in [7, 11) is 1.44. The fourth-order valence-electron chi connectivity index (χ4n) is 8.56. The lowest BCUT2D eigenvalue weighted by molar-refractivity contribution is -0.160. The molecule has 1 aliphatic carbocycles. The number of allylic oxidation sites excluding steroid dienone is 2. The normalized spacial score (nSPS) is 28.4. The van der Waals surface area contributed by atoms with Crippen molar-refractivity contribution in [3.05, 3.63) is 94.4 Å². The fourth-order valence-corrected chi connectivity index (χ4v) is 8.56. The molecule has 17 heteroatoms. The van der Waals surface area contributed by atoms with E-state index in [1.807, 2.05) is 4.57 Å². The number of aliphatic hydroxyl groups excluding tert-OH is 2. The van der Waals surface area contributed by atoms with Crippen LogP contribution in [0.1, 0.15) is 64.4 Å². The first-order valence-electron chi connectivity index (χ1n) is 21.4. The molecule has 3 aromatic rings. The van der Waals surface area contributed by atoms with Crippen LogP contribution in [0.15, 0.2) is 82.3 Å². The number of aromatic hydroxyl groups is 1. The molecule has 0 fully saturated rings. The van der Waals surface area contributed by atoms with E-state index < -0.39 is 82.7 Å². The smallest absolute Gasteiger partial charge is 0.312 e. The lowest BCUT2D eigenvalue weighted by atomic mass is 9.78. The number of carbonyl (C=O) groups excluding carboxylic acids is 3. The molecule has 0 radical (unpaired) electrons. The minimum absolute atomic E-state index is 0.0338. The van der Waals surface area contributed by atoms with Crippen molar-refractivity contribution in [3.8, 4) is 28.7 Å². The number of ether oxygens (including phenoxy) is 5. The van der Waals surface area contributed by atoms with Crippen molar-refractivity contribution in [3.63, 3.8) is 0 Å². The highest BCUT2D eigenvalue weighted by molar-refractivity contribution is 6.22. The van der Waals surface area contributed by atoms with Crippen LogP contribution in [0.3, 0.4) is 0 Å². The van der Waals surface area contributed by atoms with Crippen LogP contribution in [0.25, 0.3) is 33.3 Å². The van der Waals surface area contributed by atoms with E-state index in [-0.39, 0.29) is 55.9 Å². The van der Waals surface area contributed by atoms with Gasteiger partial charge in [-0.1, -0.05) is 45.9 Å². The Bertz CT molecular complexity index is 2760. The Labute approximate surface area is 374 Å². The standard InChI is InChI=1S/C48H54N4O13/c1-23-11-10-12-24(2)47(59)51-38-42(57)35-34(37-45(38)64-33-21-30(13-14-31(33)50-37)61-20-18-52-17-16-49-22-52)36-44(28(6)41(35)56)65-48(8,46(36)58)62-19-15-32(60-9)25(3)43(63-29(7)53)27(5)40(55)26(4)39(23)54/h10-17,19,21-23,25-27,32,39-40,43,54-56H,18,20H2,1-9H3,(H,51,59)/b11-10+,19-15+,24-12-/t23-,25+,26+,27+,32-,39-,40+,43+,48-/m0/s1. The largest absolute Gasteiger partial charge is 0.507 e. The number of aliphatic hydroxyl groups is 2. The first-order valence-corrected chi connectivity index (χ1v) is 21.4. The molecule has 4 heterocycles. The molecule has 9 atom stereocenters. The lowest BCUT2D eigenvalue weighted by Gasteiger charge is -2.38. The summed E-state index contributed by atoms with van der Waals surface area (Å²) in [5.41, 5.74) is -0.663. The molecule has 2 aromatic carbocycles. The second-order valence-electron chi connectivity index (χ2n) is 17.0. The minimum Gasteiger partial charge on any atom is -0.507 e. The van der Waals surface area contributed by atoms with Gasteiger partial charge in [-0.2, -0.15) is 0 Å². The molecule has 0 saturated heterocycles. The summed E-state index contributed by atoms with van der Waals surface area (Å²) in [6, 6.07) is 4.92. The molecule has 17 nitrogen and oxygen atoms in total. The van der Waals surface area contributed by atoms with Crippen molar-refractivity contribution in [2.24, 2.45) is 23.7 Å². The van der Waals surface area contributed by atoms with Crippen LogP contribution in [0.4, 0.5) is 5.69 Å². The van der Waals surface area contributed by atoms with E-state index >= 15 is 0 Å². The van der Waals surface area contributed by atoms with Crippen LogP contribution >= 0.6 is 0 Å². The third-order valence-corrected chi connectivity index (χ3v) is 12.5. The number of ketones is 1. The topological polar surface area (TPSA) is 231 Å². The number of hydrogen-bond acceptors (Lipinski definition) is 15. The Kier molecular flexibility index (Phi) is 13.2. The van der Waals surface area contributed by atoms with E-state index in [0.717, 1.165) is 0 Å². The zero-order valence-electron chi connectivity index (χ0n) is 37.6. The number of carbonyl (C=O) groups is 3. The van der Waals surface area contributed by atoms with Crippen molar-refractivity contribution < 1.29 is 57.8 Å². The van der Waals surface area contributed by atoms with Crippen molar-refractivity contribution in [1.82, 2.24) is 14.5 Å². The maximum absolute atomic E-state index is 14.7. The highest BCUT2D eigenvalue weighted by Crippen LogP contribution is 2.50. The van der Waals surface area contributed by atoms with Crippen LogP contribution in [-0.4, -0.2) is 91.4 Å². The zero-order chi connectivity index (χ0) is 47.1. The molecule has 0 spiro atoms. The van der Waals surface area contributed by atoms with Crippen molar-refractivity contribution in [2.75, 3.05) is 19.0 Å². The van der Waals surface area contributed by atoms with Crippen LogP contribution in [0, 0.1) is 30.6 Å². The maximum atomic E-state index is 14.7. The molecule has 3 aliphatic heterocycles. The summed E-state index contributed by atoms with van der Waals surface area (Å²) in [5.74, 6) is -6.92.